The zero-order valence-corrected chi connectivity index (χ0v) is 22.5. The quantitative estimate of drug-likeness (QED) is 0.411. The van der Waals surface area contributed by atoms with Crippen LogP contribution in [0.2, 0.25) is 0 Å². The van der Waals surface area contributed by atoms with E-state index in [0.29, 0.717) is 23.7 Å². The van der Waals surface area contributed by atoms with Gasteiger partial charge in [0.1, 0.15) is 11.9 Å². The molecular weight excluding hydrogens is 472 g/mol. The van der Waals surface area contributed by atoms with Crippen molar-refractivity contribution in [2.24, 2.45) is 17.8 Å². The van der Waals surface area contributed by atoms with Gasteiger partial charge in [0.05, 0.1) is 11.0 Å². The minimum atomic E-state index is -0.615. The standard InChI is InChI=1S/C32H42N4O2/c37-32(38)31(25-11-5-2-6-12-25)36-21-26(27(22-36)24-9-3-1-4-10-24)20-35-17-15-23(16-18-35)19-30-33-28-13-7-8-14-29(28)34-30/h1,3-4,7-10,13-14,23,25-27,31H,2,5-6,11-12,15-22H2,(H,33,34)(H,37,38)/t26-,27+,31+/m0/s1. The van der Waals surface area contributed by atoms with Crippen LogP contribution in [0.1, 0.15) is 62.3 Å². The van der Waals surface area contributed by atoms with Crippen molar-refractivity contribution in [2.45, 2.75) is 63.3 Å². The normalized spacial score (nSPS) is 25.2. The summed E-state index contributed by atoms with van der Waals surface area (Å²) < 4.78 is 0. The molecule has 3 fully saturated rings. The Morgan fingerprint density at radius 2 is 1.68 bits per heavy atom. The Bertz CT molecular complexity index is 1160. The van der Waals surface area contributed by atoms with Crippen LogP contribution in [0.15, 0.2) is 54.6 Å². The zero-order valence-electron chi connectivity index (χ0n) is 22.5. The van der Waals surface area contributed by atoms with Crippen molar-refractivity contribution in [2.75, 3.05) is 32.7 Å². The second kappa shape index (κ2) is 11.6. The zero-order chi connectivity index (χ0) is 25.9. The average Bonchev–Trinajstić information content (AvgIpc) is 3.54. The monoisotopic (exact) mass is 514 g/mol. The maximum Gasteiger partial charge on any atom is 0.321 e. The van der Waals surface area contributed by atoms with Crippen LogP contribution >= 0.6 is 0 Å². The van der Waals surface area contributed by atoms with Gasteiger partial charge >= 0.3 is 5.97 Å². The number of hydrogen-bond donors (Lipinski definition) is 2. The van der Waals surface area contributed by atoms with Gasteiger partial charge in [0.25, 0.3) is 0 Å². The van der Waals surface area contributed by atoms with E-state index in [0.717, 1.165) is 68.8 Å². The molecule has 38 heavy (non-hydrogen) atoms. The van der Waals surface area contributed by atoms with Crippen molar-refractivity contribution in [3.63, 3.8) is 0 Å². The highest BCUT2D eigenvalue weighted by atomic mass is 16.4. The summed E-state index contributed by atoms with van der Waals surface area (Å²) in [6.45, 7) is 5.06. The number of imidazole rings is 1. The summed E-state index contributed by atoms with van der Waals surface area (Å²) in [5.41, 5.74) is 3.56. The lowest BCUT2D eigenvalue weighted by Gasteiger charge is -2.35. The van der Waals surface area contributed by atoms with Gasteiger partial charge < -0.3 is 15.0 Å². The van der Waals surface area contributed by atoms with Crippen LogP contribution in [0.4, 0.5) is 0 Å². The molecule has 3 heterocycles. The van der Waals surface area contributed by atoms with E-state index in [1.54, 1.807) is 0 Å². The minimum absolute atomic E-state index is 0.297. The molecule has 1 aromatic heterocycles. The summed E-state index contributed by atoms with van der Waals surface area (Å²) in [6, 6.07) is 18.8. The van der Waals surface area contributed by atoms with Crippen LogP contribution in [-0.4, -0.2) is 69.6 Å². The number of carboxylic acids is 1. The van der Waals surface area contributed by atoms with E-state index in [4.69, 9.17) is 4.98 Å². The molecule has 3 aromatic rings. The van der Waals surface area contributed by atoms with Gasteiger partial charge in [-0.3, -0.25) is 9.69 Å². The van der Waals surface area contributed by atoms with E-state index in [-0.39, 0.29) is 6.04 Å². The largest absolute Gasteiger partial charge is 0.480 e. The lowest BCUT2D eigenvalue weighted by Crippen LogP contribution is -2.46. The predicted molar refractivity (Wildman–Crippen MR) is 151 cm³/mol. The second-order valence-electron chi connectivity index (χ2n) is 12.1. The Hall–Kier alpha value is -2.70. The SMILES string of the molecule is O=C(O)[C@@H](C1CCCCC1)N1C[C@H](CN2CCC(Cc3nc4ccccc4[nH]3)CC2)[C@@H](c2ccccc2)C1. The van der Waals surface area contributed by atoms with Crippen molar-refractivity contribution in [1.82, 2.24) is 19.8 Å². The molecule has 1 saturated carbocycles. The number of likely N-dealkylation sites (tertiary alicyclic amines) is 2. The molecule has 1 aliphatic carbocycles. The van der Waals surface area contributed by atoms with Gasteiger partial charge in [-0.15, -0.1) is 0 Å². The molecule has 0 bridgehead atoms. The van der Waals surface area contributed by atoms with Crippen LogP contribution in [0, 0.1) is 17.8 Å². The molecule has 0 unspecified atom stereocenters. The molecule has 2 saturated heterocycles. The highest BCUT2D eigenvalue weighted by Crippen LogP contribution is 2.38. The molecule has 6 heteroatoms. The van der Waals surface area contributed by atoms with Crippen LogP contribution in [0.25, 0.3) is 11.0 Å². The number of aromatic amines is 1. The fourth-order valence-electron chi connectivity index (χ4n) is 7.58. The summed E-state index contributed by atoms with van der Waals surface area (Å²) in [7, 11) is 0. The number of nitrogens with zero attached hydrogens (tertiary/aromatic N) is 3. The molecule has 6 rings (SSSR count). The fourth-order valence-corrected chi connectivity index (χ4v) is 7.58. The van der Waals surface area contributed by atoms with Gasteiger partial charge in [0.15, 0.2) is 0 Å². The van der Waals surface area contributed by atoms with E-state index in [2.05, 4.69) is 63.3 Å². The van der Waals surface area contributed by atoms with E-state index in [1.807, 2.05) is 6.07 Å². The van der Waals surface area contributed by atoms with Crippen molar-refractivity contribution < 1.29 is 9.90 Å². The first-order valence-corrected chi connectivity index (χ1v) is 14.8. The number of carbonyl (C=O) groups is 1. The van der Waals surface area contributed by atoms with Crippen LogP contribution in [0.3, 0.4) is 0 Å². The number of hydrogen-bond acceptors (Lipinski definition) is 4. The molecule has 0 spiro atoms. The molecule has 2 aliphatic heterocycles. The Balaban J connectivity index is 1.10. The maximum atomic E-state index is 12.5. The predicted octanol–water partition coefficient (Wildman–Crippen LogP) is 5.57. The number of para-hydroxylation sites is 2. The fraction of sp³-hybridized carbons (Fsp3) is 0.562. The summed E-state index contributed by atoms with van der Waals surface area (Å²) >= 11 is 0. The smallest absolute Gasteiger partial charge is 0.321 e. The topological polar surface area (TPSA) is 72.5 Å². The number of H-pyrrole nitrogens is 1. The summed E-state index contributed by atoms with van der Waals surface area (Å²) in [4.78, 5) is 25.8. The lowest BCUT2D eigenvalue weighted by molar-refractivity contribution is -0.145. The second-order valence-corrected chi connectivity index (χ2v) is 12.1. The molecule has 0 amide bonds. The van der Waals surface area contributed by atoms with Crippen LogP contribution in [-0.2, 0) is 11.2 Å². The molecule has 3 aliphatic rings. The van der Waals surface area contributed by atoms with Gasteiger partial charge in [0, 0.05) is 32.0 Å². The first-order valence-electron chi connectivity index (χ1n) is 14.8. The highest BCUT2D eigenvalue weighted by Gasteiger charge is 2.43. The molecule has 0 radical (unpaired) electrons. The Labute approximate surface area is 226 Å². The van der Waals surface area contributed by atoms with Gasteiger partial charge in [-0.05, 0) is 74.2 Å². The van der Waals surface area contributed by atoms with E-state index >= 15 is 0 Å². The summed E-state index contributed by atoms with van der Waals surface area (Å²) in [5, 5.41) is 10.3. The Morgan fingerprint density at radius 3 is 2.42 bits per heavy atom. The average molecular weight is 515 g/mol. The number of piperidine rings is 1. The van der Waals surface area contributed by atoms with E-state index in [1.165, 1.54) is 37.7 Å². The van der Waals surface area contributed by atoms with Crippen LogP contribution in [0.5, 0.6) is 0 Å². The highest BCUT2D eigenvalue weighted by molar-refractivity contribution is 5.75. The Morgan fingerprint density at radius 1 is 0.947 bits per heavy atom. The number of carboxylic acid groups (broad SMARTS) is 1. The number of nitrogens with one attached hydrogen (secondary N) is 1. The van der Waals surface area contributed by atoms with Gasteiger partial charge in [-0.1, -0.05) is 61.7 Å². The number of benzene rings is 2. The molecule has 6 nitrogen and oxygen atoms in total. The molecule has 2 N–H and O–H groups in total. The third-order valence-corrected chi connectivity index (χ3v) is 9.56. The van der Waals surface area contributed by atoms with Crippen molar-refractivity contribution in [1.29, 1.82) is 0 Å². The first-order chi connectivity index (χ1) is 18.6. The van der Waals surface area contributed by atoms with Crippen molar-refractivity contribution >= 4 is 17.0 Å². The van der Waals surface area contributed by atoms with Gasteiger partial charge in [-0.2, -0.15) is 0 Å². The number of fused-ring (bicyclic) bond motifs is 1. The molecule has 3 atom stereocenters. The third-order valence-electron chi connectivity index (χ3n) is 9.56. The van der Waals surface area contributed by atoms with Crippen molar-refractivity contribution in [3.8, 4) is 0 Å². The van der Waals surface area contributed by atoms with Crippen LogP contribution < -0.4 is 0 Å². The maximum absolute atomic E-state index is 12.5. The first kappa shape index (κ1) is 25.6. The number of aromatic nitrogens is 2. The van der Waals surface area contributed by atoms with E-state index in [9.17, 15) is 9.90 Å². The van der Waals surface area contributed by atoms with E-state index < -0.39 is 5.97 Å². The molecule has 2 aromatic carbocycles. The lowest BCUT2D eigenvalue weighted by atomic mass is 9.83. The number of rotatable bonds is 8. The van der Waals surface area contributed by atoms with Gasteiger partial charge in [0.2, 0.25) is 0 Å². The molecular formula is C32H42N4O2. The third kappa shape index (κ3) is 5.67. The Kier molecular flexibility index (Phi) is 7.80. The summed E-state index contributed by atoms with van der Waals surface area (Å²) in [5.74, 6) is 2.33. The van der Waals surface area contributed by atoms with Crippen molar-refractivity contribution in [3.05, 3.63) is 66.0 Å². The minimum Gasteiger partial charge on any atom is -0.480 e. The summed E-state index contributed by atoms with van der Waals surface area (Å²) in [6.07, 6.45) is 9.15. The van der Waals surface area contributed by atoms with Gasteiger partial charge in [-0.25, -0.2) is 4.98 Å². The number of aliphatic carboxylic acids is 1. The molecule has 202 valence electrons.